The number of aryl methyl sites for hydroxylation is 2. The van der Waals surface area contributed by atoms with E-state index in [9.17, 15) is 14.7 Å². The van der Waals surface area contributed by atoms with Crippen molar-refractivity contribution in [1.82, 2.24) is 15.2 Å². The zero-order valence-corrected chi connectivity index (χ0v) is 22.0. The molecule has 2 heterocycles. The number of unbranched alkanes of at least 4 members (excludes halogenated alkanes) is 1. The zero-order valence-electron chi connectivity index (χ0n) is 22.0. The predicted molar refractivity (Wildman–Crippen MR) is 140 cm³/mol. The van der Waals surface area contributed by atoms with Crippen LogP contribution in [0.3, 0.4) is 0 Å². The van der Waals surface area contributed by atoms with Crippen molar-refractivity contribution in [3.8, 4) is 0 Å². The summed E-state index contributed by atoms with van der Waals surface area (Å²) >= 11 is 0. The van der Waals surface area contributed by atoms with Gasteiger partial charge in [-0.05, 0) is 69.5 Å². The average Bonchev–Trinajstić information content (AvgIpc) is 2.86. The SMILES string of the molecule is CCOCCN(CCCCc1ccc2c(n1)NCCC2)CCC(NC(=O)CC(CC)CC)C(=O)O. The van der Waals surface area contributed by atoms with E-state index in [1.165, 1.54) is 5.56 Å². The van der Waals surface area contributed by atoms with Crippen LogP contribution in [-0.4, -0.2) is 72.3 Å². The number of pyridine rings is 1. The van der Waals surface area contributed by atoms with Crippen LogP contribution in [0.2, 0.25) is 0 Å². The van der Waals surface area contributed by atoms with E-state index in [0.29, 0.717) is 38.5 Å². The normalized spacial score (nSPS) is 14.0. The summed E-state index contributed by atoms with van der Waals surface area (Å²) in [5, 5.41) is 15.8. The van der Waals surface area contributed by atoms with Crippen molar-refractivity contribution >= 4 is 17.7 Å². The van der Waals surface area contributed by atoms with Crippen molar-refractivity contribution < 1.29 is 19.4 Å². The summed E-state index contributed by atoms with van der Waals surface area (Å²) < 4.78 is 5.54. The minimum atomic E-state index is -0.972. The first-order chi connectivity index (χ1) is 17.0. The Bertz CT molecular complexity index is 770. The molecule has 0 bridgehead atoms. The van der Waals surface area contributed by atoms with Gasteiger partial charge in [0.25, 0.3) is 0 Å². The van der Waals surface area contributed by atoms with Crippen molar-refractivity contribution in [2.45, 2.75) is 84.6 Å². The van der Waals surface area contributed by atoms with Crippen molar-refractivity contribution in [2.24, 2.45) is 5.92 Å². The molecule has 0 saturated heterocycles. The van der Waals surface area contributed by atoms with Gasteiger partial charge in [-0.25, -0.2) is 9.78 Å². The van der Waals surface area contributed by atoms with Crippen LogP contribution >= 0.6 is 0 Å². The smallest absolute Gasteiger partial charge is 0.326 e. The lowest BCUT2D eigenvalue weighted by molar-refractivity contribution is -0.142. The van der Waals surface area contributed by atoms with Gasteiger partial charge >= 0.3 is 5.97 Å². The molecule has 1 atom stereocenters. The molecular formula is C27H46N4O4. The van der Waals surface area contributed by atoms with E-state index in [1.54, 1.807) is 0 Å². The third-order valence-corrected chi connectivity index (χ3v) is 6.86. The number of rotatable bonds is 18. The van der Waals surface area contributed by atoms with Crippen LogP contribution in [0, 0.1) is 5.92 Å². The van der Waals surface area contributed by atoms with Crippen LogP contribution < -0.4 is 10.6 Å². The van der Waals surface area contributed by atoms with E-state index in [2.05, 4.69) is 41.5 Å². The number of carboxylic acid groups (broad SMARTS) is 1. The summed E-state index contributed by atoms with van der Waals surface area (Å²) in [7, 11) is 0. The van der Waals surface area contributed by atoms with Crippen molar-refractivity contribution in [1.29, 1.82) is 0 Å². The second kappa shape index (κ2) is 16.5. The topological polar surface area (TPSA) is 104 Å². The first-order valence-electron chi connectivity index (χ1n) is 13.5. The highest BCUT2D eigenvalue weighted by Crippen LogP contribution is 2.20. The van der Waals surface area contributed by atoms with Crippen LogP contribution in [-0.2, 0) is 27.2 Å². The molecule has 198 valence electrons. The molecule has 0 saturated carbocycles. The van der Waals surface area contributed by atoms with Crippen molar-refractivity contribution in [3.63, 3.8) is 0 Å². The third kappa shape index (κ3) is 10.9. The monoisotopic (exact) mass is 490 g/mol. The van der Waals surface area contributed by atoms with Crippen LogP contribution in [0.5, 0.6) is 0 Å². The number of amides is 1. The third-order valence-electron chi connectivity index (χ3n) is 6.86. The second-order valence-electron chi connectivity index (χ2n) is 9.47. The minimum Gasteiger partial charge on any atom is -0.480 e. The van der Waals surface area contributed by atoms with Gasteiger partial charge in [0.15, 0.2) is 0 Å². The zero-order chi connectivity index (χ0) is 25.5. The van der Waals surface area contributed by atoms with Crippen molar-refractivity contribution in [3.05, 3.63) is 23.4 Å². The number of aromatic nitrogens is 1. The molecule has 1 aromatic heterocycles. The van der Waals surface area contributed by atoms with Gasteiger partial charge in [-0.2, -0.15) is 0 Å². The fraction of sp³-hybridized carbons (Fsp3) is 0.741. The van der Waals surface area contributed by atoms with Gasteiger partial charge in [-0.15, -0.1) is 0 Å². The molecule has 8 nitrogen and oxygen atoms in total. The van der Waals surface area contributed by atoms with Gasteiger partial charge in [-0.1, -0.05) is 32.8 Å². The summed E-state index contributed by atoms with van der Waals surface area (Å²) in [6.07, 6.45) is 7.82. The molecule has 35 heavy (non-hydrogen) atoms. The maximum absolute atomic E-state index is 12.4. The number of hydrogen-bond donors (Lipinski definition) is 3. The van der Waals surface area contributed by atoms with Gasteiger partial charge in [0.1, 0.15) is 11.9 Å². The van der Waals surface area contributed by atoms with Gasteiger partial charge in [-0.3, -0.25) is 4.79 Å². The number of nitrogens with zero attached hydrogens (tertiary/aromatic N) is 2. The summed E-state index contributed by atoms with van der Waals surface area (Å²) in [4.78, 5) is 31.2. The van der Waals surface area contributed by atoms with Crippen LogP contribution in [0.1, 0.15) is 77.0 Å². The van der Waals surface area contributed by atoms with E-state index in [0.717, 1.165) is 76.1 Å². The molecule has 2 rings (SSSR count). The Hall–Kier alpha value is -2.19. The molecule has 0 spiro atoms. The van der Waals surface area contributed by atoms with E-state index in [1.807, 2.05) is 6.92 Å². The number of ether oxygens (including phenoxy) is 1. The standard InChI is InChI=1S/C27H46N4O4/c1-4-21(5-2)20-25(32)30-24(27(33)34)14-17-31(18-19-35-6-3)16-8-7-11-23-13-12-22-10-9-15-28-26(22)29-23/h12-13,21,24H,4-11,14-20H2,1-3H3,(H,28,29)(H,30,32)(H,33,34). The summed E-state index contributed by atoms with van der Waals surface area (Å²) in [6.45, 7) is 10.6. The average molecular weight is 491 g/mol. The number of carbonyl (C=O) groups excluding carboxylic acids is 1. The maximum Gasteiger partial charge on any atom is 0.326 e. The Morgan fingerprint density at radius 1 is 1.17 bits per heavy atom. The van der Waals surface area contributed by atoms with E-state index < -0.39 is 12.0 Å². The Morgan fingerprint density at radius 2 is 1.97 bits per heavy atom. The predicted octanol–water partition coefficient (Wildman–Crippen LogP) is 3.89. The van der Waals surface area contributed by atoms with E-state index in [4.69, 9.17) is 9.72 Å². The summed E-state index contributed by atoms with van der Waals surface area (Å²) in [5.74, 6) is 0.198. The molecular weight excluding hydrogens is 444 g/mol. The molecule has 1 aliphatic heterocycles. The van der Waals surface area contributed by atoms with Gasteiger partial charge in [0, 0.05) is 38.4 Å². The van der Waals surface area contributed by atoms with Gasteiger partial charge in [0.05, 0.1) is 6.61 Å². The molecule has 0 aliphatic carbocycles. The van der Waals surface area contributed by atoms with Crippen molar-refractivity contribution in [2.75, 3.05) is 44.7 Å². The van der Waals surface area contributed by atoms with Gasteiger partial charge in [0.2, 0.25) is 5.91 Å². The molecule has 0 radical (unpaired) electrons. The first kappa shape index (κ1) is 29.0. The number of fused-ring (bicyclic) bond motifs is 1. The summed E-state index contributed by atoms with van der Waals surface area (Å²) in [6, 6.07) is 3.47. The van der Waals surface area contributed by atoms with Crippen LogP contribution in [0.15, 0.2) is 12.1 Å². The molecule has 1 amide bonds. The Balaban J connectivity index is 1.81. The quantitative estimate of drug-likeness (QED) is 0.268. The Kier molecular flexibility index (Phi) is 13.7. The number of aliphatic carboxylic acids is 1. The highest BCUT2D eigenvalue weighted by molar-refractivity contribution is 5.83. The summed E-state index contributed by atoms with van der Waals surface area (Å²) in [5.41, 5.74) is 2.42. The molecule has 1 unspecified atom stereocenters. The fourth-order valence-corrected chi connectivity index (χ4v) is 4.48. The molecule has 8 heteroatoms. The molecule has 1 aromatic rings. The fourth-order valence-electron chi connectivity index (χ4n) is 4.48. The van der Waals surface area contributed by atoms with E-state index >= 15 is 0 Å². The number of nitrogens with one attached hydrogen (secondary N) is 2. The highest BCUT2D eigenvalue weighted by atomic mass is 16.5. The number of anilines is 1. The lowest BCUT2D eigenvalue weighted by atomic mass is 9.99. The highest BCUT2D eigenvalue weighted by Gasteiger charge is 2.22. The molecule has 0 fully saturated rings. The maximum atomic E-state index is 12.4. The van der Waals surface area contributed by atoms with Crippen LogP contribution in [0.25, 0.3) is 0 Å². The Morgan fingerprint density at radius 3 is 2.69 bits per heavy atom. The lowest BCUT2D eigenvalue weighted by Crippen LogP contribution is -2.44. The number of carboxylic acids is 1. The van der Waals surface area contributed by atoms with Crippen LogP contribution in [0.4, 0.5) is 5.82 Å². The van der Waals surface area contributed by atoms with E-state index in [-0.39, 0.29) is 5.91 Å². The Labute approximate surface area is 211 Å². The second-order valence-corrected chi connectivity index (χ2v) is 9.47. The largest absolute Gasteiger partial charge is 0.480 e. The lowest BCUT2D eigenvalue weighted by Gasteiger charge is -2.24. The first-order valence-corrected chi connectivity index (χ1v) is 13.5. The molecule has 1 aliphatic rings. The van der Waals surface area contributed by atoms with Gasteiger partial charge < -0.3 is 25.4 Å². The molecule has 0 aromatic carbocycles. The minimum absolute atomic E-state index is 0.168. The molecule has 3 N–H and O–H groups in total. The number of hydrogen-bond acceptors (Lipinski definition) is 6. The number of carbonyl (C=O) groups is 2.